The number of aromatic nitrogens is 1. The van der Waals surface area contributed by atoms with E-state index >= 15 is 0 Å². The van der Waals surface area contributed by atoms with Gasteiger partial charge in [0.05, 0.1) is 15.2 Å². The SMILES string of the molecule is CC(C)(N)CCc1nc2cc(Br)ccc2s1. The first-order valence-electron chi connectivity index (χ1n) is 5.28. The smallest absolute Gasteiger partial charge is 0.0939 e. The molecule has 2 rings (SSSR count). The molecule has 4 heteroatoms. The van der Waals surface area contributed by atoms with Crippen LogP contribution < -0.4 is 5.73 Å². The van der Waals surface area contributed by atoms with E-state index in [1.165, 1.54) is 9.71 Å². The molecule has 2 aromatic rings. The van der Waals surface area contributed by atoms with Crippen molar-refractivity contribution in [3.05, 3.63) is 27.7 Å². The monoisotopic (exact) mass is 298 g/mol. The van der Waals surface area contributed by atoms with E-state index in [2.05, 4.69) is 53.0 Å². The maximum Gasteiger partial charge on any atom is 0.0939 e. The zero-order valence-electron chi connectivity index (χ0n) is 9.46. The van der Waals surface area contributed by atoms with E-state index in [1.807, 2.05) is 0 Å². The summed E-state index contributed by atoms with van der Waals surface area (Å²) in [6.45, 7) is 4.10. The number of benzene rings is 1. The molecule has 0 aliphatic rings. The number of aryl methyl sites for hydroxylation is 1. The molecule has 1 aromatic heterocycles. The van der Waals surface area contributed by atoms with Crippen molar-refractivity contribution in [3.63, 3.8) is 0 Å². The Morgan fingerprint density at radius 3 is 2.88 bits per heavy atom. The Kier molecular flexibility index (Phi) is 3.33. The minimum atomic E-state index is -0.113. The first-order chi connectivity index (χ1) is 7.44. The fourth-order valence-corrected chi connectivity index (χ4v) is 2.78. The topological polar surface area (TPSA) is 38.9 Å². The molecule has 86 valence electrons. The number of hydrogen-bond acceptors (Lipinski definition) is 3. The second-order valence-electron chi connectivity index (χ2n) is 4.71. The number of nitrogens with zero attached hydrogens (tertiary/aromatic N) is 1. The Hall–Kier alpha value is -0.450. The molecule has 2 N–H and O–H groups in total. The second kappa shape index (κ2) is 4.43. The van der Waals surface area contributed by atoms with Gasteiger partial charge in [-0.2, -0.15) is 0 Å². The van der Waals surface area contributed by atoms with Gasteiger partial charge < -0.3 is 5.73 Å². The highest BCUT2D eigenvalue weighted by atomic mass is 79.9. The molecule has 1 aromatic carbocycles. The van der Waals surface area contributed by atoms with Crippen molar-refractivity contribution in [2.45, 2.75) is 32.2 Å². The molecule has 1 heterocycles. The third-order valence-corrected chi connectivity index (χ3v) is 3.97. The Labute approximate surface area is 108 Å². The van der Waals surface area contributed by atoms with Crippen molar-refractivity contribution in [3.8, 4) is 0 Å². The van der Waals surface area contributed by atoms with Crippen LogP contribution in [0.1, 0.15) is 25.3 Å². The van der Waals surface area contributed by atoms with E-state index in [9.17, 15) is 0 Å². The lowest BCUT2D eigenvalue weighted by atomic mass is 10.0. The van der Waals surface area contributed by atoms with Crippen LogP contribution >= 0.6 is 27.3 Å². The molecule has 0 spiro atoms. The third-order valence-electron chi connectivity index (χ3n) is 2.38. The summed E-state index contributed by atoms with van der Waals surface area (Å²) in [7, 11) is 0. The Bertz CT molecular complexity index is 499. The van der Waals surface area contributed by atoms with Gasteiger partial charge in [-0.05, 0) is 38.5 Å². The van der Waals surface area contributed by atoms with Gasteiger partial charge in [0.2, 0.25) is 0 Å². The van der Waals surface area contributed by atoms with Crippen molar-refractivity contribution in [2.24, 2.45) is 5.73 Å². The van der Waals surface area contributed by atoms with Crippen LogP contribution in [0.4, 0.5) is 0 Å². The van der Waals surface area contributed by atoms with Crippen LogP contribution in [0.3, 0.4) is 0 Å². The van der Waals surface area contributed by atoms with Crippen molar-refractivity contribution >= 4 is 37.5 Å². The molecule has 0 aliphatic carbocycles. The maximum atomic E-state index is 5.97. The molecule has 16 heavy (non-hydrogen) atoms. The normalized spacial score (nSPS) is 12.2. The predicted molar refractivity (Wildman–Crippen MR) is 73.9 cm³/mol. The van der Waals surface area contributed by atoms with Crippen LogP contribution in [0, 0.1) is 0 Å². The fourth-order valence-electron chi connectivity index (χ4n) is 1.48. The Morgan fingerprint density at radius 2 is 2.19 bits per heavy atom. The summed E-state index contributed by atoms with van der Waals surface area (Å²) in [6, 6.07) is 6.22. The van der Waals surface area contributed by atoms with E-state index in [4.69, 9.17) is 5.73 Å². The average Bonchev–Trinajstić information content (AvgIpc) is 2.55. The molecule has 0 amide bonds. The number of halogens is 1. The molecule has 0 aliphatic heterocycles. The Balaban J connectivity index is 2.20. The van der Waals surface area contributed by atoms with Gasteiger partial charge in [0.1, 0.15) is 0 Å². The van der Waals surface area contributed by atoms with Crippen LogP contribution in [0.25, 0.3) is 10.2 Å². The molecule has 0 saturated carbocycles. The van der Waals surface area contributed by atoms with E-state index < -0.39 is 0 Å². The molecule has 2 nitrogen and oxygen atoms in total. The lowest BCUT2D eigenvalue weighted by Gasteiger charge is -2.16. The molecule has 0 unspecified atom stereocenters. The van der Waals surface area contributed by atoms with Gasteiger partial charge in [-0.1, -0.05) is 15.9 Å². The van der Waals surface area contributed by atoms with Gasteiger partial charge in [-0.15, -0.1) is 11.3 Å². The minimum absolute atomic E-state index is 0.113. The lowest BCUT2D eigenvalue weighted by Crippen LogP contribution is -2.32. The number of rotatable bonds is 3. The number of hydrogen-bond donors (Lipinski definition) is 1. The second-order valence-corrected chi connectivity index (χ2v) is 6.74. The van der Waals surface area contributed by atoms with Crippen LogP contribution in [0.5, 0.6) is 0 Å². The van der Waals surface area contributed by atoms with Crippen molar-refractivity contribution in [1.29, 1.82) is 0 Å². The van der Waals surface area contributed by atoms with Crippen LogP contribution in [-0.2, 0) is 6.42 Å². The van der Waals surface area contributed by atoms with Crippen LogP contribution in [-0.4, -0.2) is 10.5 Å². The first-order valence-corrected chi connectivity index (χ1v) is 6.89. The molecule has 0 radical (unpaired) electrons. The highest BCUT2D eigenvalue weighted by Crippen LogP contribution is 2.26. The number of nitrogens with two attached hydrogens (primary N) is 1. The Morgan fingerprint density at radius 1 is 1.44 bits per heavy atom. The molecular weight excluding hydrogens is 284 g/mol. The summed E-state index contributed by atoms with van der Waals surface area (Å²) in [6.07, 6.45) is 1.93. The standard InChI is InChI=1S/C12H15BrN2S/c1-12(2,14)6-5-11-15-9-7-8(13)3-4-10(9)16-11/h3-4,7H,5-6,14H2,1-2H3. The van der Waals surface area contributed by atoms with Gasteiger partial charge in [0, 0.05) is 16.4 Å². The highest BCUT2D eigenvalue weighted by molar-refractivity contribution is 9.10. The largest absolute Gasteiger partial charge is 0.326 e. The summed E-state index contributed by atoms with van der Waals surface area (Å²) in [5.74, 6) is 0. The molecule has 0 bridgehead atoms. The summed E-state index contributed by atoms with van der Waals surface area (Å²) < 4.78 is 2.32. The highest BCUT2D eigenvalue weighted by Gasteiger charge is 2.12. The summed E-state index contributed by atoms with van der Waals surface area (Å²) in [4.78, 5) is 4.61. The third kappa shape index (κ3) is 3.03. The van der Waals surface area contributed by atoms with E-state index in [1.54, 1.807) is 11.3 Å². The number of fused-ring (bicyclic) bond motifs is 1. The predicted octanol–water partition coefficient (Wildman–Crippen LogP) is 3.73. The number of thiazole rings is 1. The molecule has 0 fully saturated rings. The summed E-state index contributed by atoms with van der Waals surface area (Å²) in [5, 5.41) is 1.17. The molecule has 0 atom stereocenters. The molecular formula is C12H15BrN2S. The van der Waals surface area contributed by atoms with Crippen molar-refractivity contribution < 1.29 is 0 Å². The zero-order chi connectivity index (χ0) is 11.8. The quantitative estimate of drug-likeness (QED) is 0.938. The first kappa shape index (κ1) is 12.0. The van der Waals surface area contributed by atoms with Gasteiger partial charge in [-0.3, -0.25) is 0 Å². The fraction of sp³-hybridized carbons (Fsp3) is 0.417. The van der Waals surface area contributed by atoms with E-state index in [0.717, 1.165) is 22.8 Å². The average molecular weight is 299 g/mol. The van der Waals surface area contributed by atoms with Crippen LogP contribution in [0.15, 0.2) is 22.7 Å². The summed E-state index contributed by atoms with van der Waals surface area (Å²) in [5.41, 5.74) is 6.93. The lowest BCUT2D eigenvalue weighted by molar-refractivity contribution is 0.476. The van der Waals surface area contributed by atoms with Crippen molar-refractivity contribution in [2.75, 3.05) is 0 Å². The van der Waals surface area contributed by atoms with Gasteiger partial charge in [0.25, 0.3) is 0 Å². The summed E-state index contributed by atoms with van der Waals surface area (Å²) >= 11 is 5.22. The van der Waals surface area contributed by atoms with Crippen molar-refractivity contribution in [1.82, 2.24) is 4.98 Å². The van der Waals surface area contributed by atoms with Gasteiger partial charge >= 0.3 is 0 Å². The van der Waals surface area contributed by atoms with E-state index in [0.29, 0.717) is 0 Å². The van der Waals surface area contributed by atoms with Gasteiger partial charge in [0.15, 0.2) is 0 Å². The zero-order valence-corrected chi connectivity index (χ0v) is 11.9. The van der Waals surface area contributed by atoms with Gasteiger partial charge in [-0.25, -0.2) is 4.98 Å². The minimum Gasteiger partial charge on any atom is -0.326 e. The molecule has 0 saturated heterocycles. The maximum absolute atomic E-state index is 5.97. The van der Waals surface area contributed by atoms with E-state index in [-0.39, 0.29) is 5.54 Å². The van der Waals surface area contributed by atoms with Crippen LogP contribution in [0.2, 0.25) is 0 Å².